The van der Waals surface area contributed by atoms with Crippen LogP contribution in [-0.2, 0) is 0 Å². The number of hydrogen-bond donors (Lipinski definition) is 0. The first-order valence-corrected chi connectivity index (χ1v) is 8.04. The van der Waals surface area contributed by atoms with Crippen molar-refractivity contribution in [1.82, 2.24) is 0 Å². The monoisotopic (exact) mass is 234 g/mol. The van der Waals surface area contributed by atoms with Crippen LogP contribution in [-0.4, -0.2) is 10.5 Å². The lowest BCUT2D eigenvalue weighted by Gasteiger charge is -2.61. The van der Waals surface area contributed by atoms with Gasteiger partial charge in [0.2, 0.25) is 0 Å². The van der Waals surface area contributed by atoms with E-state index >= 15 is 0 Å². The van der Waals surface area contributed by atoms with Crippen molar-refractivity contribution in [3.63, 3.8) is 0 Å². The summed E-state index contributed by atoms with van der Waals surface area (Å²) in [6.07, 6.45) is 11.9. The average molecular weight is 234 g/mol. The van der Waals surface area contributed by atoms with E-state index in [4.69, 9.17) is 0 Å². The highest BCUT2D eigenvalue weighted by Crippen LogP contribution is 2.64. The van der Waals surface area contributed by atoms with E-state index in [0.717, 1.165) is 23.7 Å². The summed E-state index contributed by atoms with van der Waals surface area (Å²) in [5.74, 6) is 5.74. The van der Waals surface area contributed by atoms with Gasteiger partial charge in [0.15, 0.2) is 0 Å². The molecule has 4 bridgehead atoms. The van der Waals surface area contributed by atoms with Crippen LogP contribution in [0, 0.1) is 23.7 Å². The molecule has 0 aromatic carbocycles. The first-order chi connectivity index (χ1) is 7.76. The zero-order chi connectivity index (χ0) is 10.8. The molecule has 0 nitrogen and oxygen atoms in total. The summed E-state index contributed by atoms with van der Waals surface area (Å²) in [7, 11) is 0. The van der Waals surface area contributed by atoms with Crippen LogP contribution in [0.5, 0.6) is 0 Å². The molecule has 0 unspecified atom stereocenters. The van der Waals surface area contributed by atoms with Crippen LogP contribution < -0.4 is 0 Å². The maximum atomic E-state index is 2.57. The Labute approximate surface area is 103 Å². The Kier molecular flexibility index (Phi) is 2.08. The van der Waals surface area contributed by atoms with Gasteiger partial charge in [-0.15, -0.1) is 11.8 Å². The second kappa shape index (κ2) is 3.31. The van der Waals surface area contributed by atoms with Crippen LogP contribution in [0.2, 0.25) is 0 Å². The summed E-state index contributed by atoms with van der Waals surface area (Å²) in [6, 6.07) is 0. The zero-order valence-corrected chi connectivity index (χ0v) is 11.1. The van der Waals surface area contributed by atoms with Crippen LogP contribution in [0.4, 0.5) is 0 Å². The average Bonchev–Trinajstić information content (AvgIpc) is 2.27. The van der Waals surface area contributed by atoms with Crippen molar-refractivity contribution in [2.24, 2.45) is 23.7 Å². The fourth-order valence-electron chi connectivity index (χ4n) is 5.25. The molecule has 4 saturated carbocycles. The highest BCUT2D eigenvalue weighted by atomic mass is 32.2. The van der Waals surface area contributed by atoms with Gasteiger partial charge < -0.3 is 0 Å². The molecular weight excluding hydrogens is 212 g/mol. The maximum Gasteiger partial charge on any atom is 0.0254 e. The lowest BCUT2D eigenvalue weighted by Crippen LogP contribution is -2.56. The van der Waals surface area contributed by atoms with Crippen LogP contribution in [0.1, 0.15) is 45.4 Å². The summed E-state index contributed by atoms with van der Waals surface area (Å²) in [5.41, 5.74) is 1.63. The van der Waals surface area contributed by atoms with E-state index in [-0.39, 0.29) is 0 Å². The Hall–Kier alpha value is 0.0900. The maximum absolute atomic E-state index is 2.57. The minimum absolute atomic E-state index is 0.701. The molecule has 0 saturated heterocycles. The van der Waals surface area contributed by atoms with Crippen molar-refractivity contribution in [2.75, 3.05) is 5.75 Å². The number of allylic oxidation sites excluding steroid dienone is 1. The van der Waals surface area contributed by atoms with Gasteiger partial charge in [-0.25, -0.2) is 0 Å². The van der Waals surface area contributed by atoms with Gasteiger partial charge in [-0.1, -0.05) is 11.6 Å². The molecular formula is C15H22S. The Morgan fingerprint density at radius 3 is 2.19 bits per heavy atom. The Morgan fingerprint density at radius 1 is 1.06 bits per heavy atom. The van der Waals surface area contributed by atoms with Crippen LogP contribution >= 0.6 is 11.8 Å². The normalized spacial score (nSPS) is 54.4. The molecule has 5 aliphatic rings. The van der Waals surface area contributed by atoms with E-state index < -0.39 is 0 Å². The summed E-state index contributed by atoms with van der Waals surface area (Å²) in [5, 5.41) is 0. The molecule has 0 aromatic rings. The molecule has 0 amide bonds. The summed E-state index contributed by atoms with van der Waals surface area (Å²) < 4.78 is 0.701. The van der Waals surface area contributed by atoms with Gasteiger partial charge in [0.1, 0.15) is 0 Å². The van der Waals surface area contributed by atoms with E-state index in [1.54, 1.807) is 37.7 Å². The van der Waals surface area contributed by atoms with Gasteiger partial charge in [-0.2, -0.15) is 0 Å². The fourth-order valence-corrected chi connectivity index (χ4v) is 6.92. The Balaban J connectivity index is 1.69. The van der Waals surface area contributed by atoms with Crippen molar-refractivity contribution < 1.29 is 0 Å². The van der Waals surface area contributed by atoms with Gasteiger partial charge in [-0.3, -0.25) is 0 Å². The lowest BCUT2D eigenvalue weighted by atomic mass is 9.50. The molecule has 1 heteroatoms. The summed E-state index contributed by atoms with van der Waals surface area (Å²) in [4.78, 5) is 0. The van der Waals surface area contributed by atoms with Crippen molar-refractivity contribution in [2.45, 2.75) is 50.2 Å². The molecule has 0 N–H and O–H groups in total. The van der Waals surface area contributed by atoms with Crippen molar-refractivity contribution in [3.05, 3.63) is 11.6 Å². The molecule has 1 spiro atoms. The predicted octanol–water partition coefficient (Wildman–Crippen LogP) is 4.26. The Bertz CT molecular complexity index is 313. The van der Waals surface area contributed by atoms with E-state index in [2.05, 4.69) is 24.8 Å². The molecule has 0 radical (unpaired) electrons. The Morgan fingerprint density at radius 2 is 1.69 bits per heavy atom. The molecule has 88 valence electrons. The fraction of sp³-hybridized carbons (Fsp3) is 0.867. The van der Waals surface area contributed by atoms with Gasteiger partial charge in [0, 0.05) is 10.5 Å². The summed E-state index contributed by atoms with van der Waals surface area (Å²) in [6.45, 7) is 2.32. The smallest absolute Gasteiger partial charge is 0.0254 e. The summed E-state index contributed by atoms with van der Waals surface area (Å²) >= 11 is 2.34. The quantitative estimate of drug-likeness (QED) is 0.564. The highest BCUT2D eigenvalue weighted by molar-refractivity contribution is 8.00. The molecule has 4 aliphatic carbocycles. The molecule has 4 fully saturated rings. The molecule has 1 aliphatic heterocycles. The molecule has 16 heavy (non-hydrogen) atoms. The molecule has 5 rings (SSSR count). The van der Waals surface area contributed by atoms with E-state index in [0.29, 0.717) is 4.75 Å². The first kappa shape index (κ1) is 10.1. The minimum atomic E-state index is 0.701. The zero-order valence-electron chi connectivity index (χ0n) is 10.2. The van der Waals surface area contributed by atoms with Crippen molar-refractivity contribution in [1.29, 1.82) is 0 Å². The SMILES string of the molecule is CC1=CCC2(SC1)C1CC3CC(C1)CC2C3. The van der Waals surface area contributed by atoms with Crippen LogP contribution in [0.3, 0.4) is 0 Å². The minimum Gasteiger partial charge on any atom is -0.150 e. The van der Waals surface area contributed by atoms with Crippen LogP contribution in [0.15, 0.2) is 11.6 Å². The third-order valence-electron chi connectivity index (χ3n) is 5.86. The van der Waals surface area contributed by atoms with Gasteiger partial charge in [0.05, 0.1) is 0 Å². The third-order valence-corrected chi connectivity index (χ3v) is 7.83. The highest BCUT2D eigenvalue weighted by Gasteiger charge is 2.57. The predicted molar refractivity (Wildman–Crippen MR) is 70.6 cm³/mol. The van der Waals surface area contributed by atoms with E-state index in [1.165, 1.54) is 12.2 Å². The second-order valence-electron chi connectivity index (χ2n) is 6.80. The van der Waals surface area contributed by atoms with Crippen molar-refractivity contribution >= 4 is 11.8 Å². The number of thioether (sulfide) groups is 1. The largest absolute Gasteiger partial charge is 0.150 e. The second-order valence-corrected chi connectivity index (χ2v) is 8.14. The number of rotatable bonds is 0. The first-order valence-electron chi connectivity index (χ1n) is 7.06. The van der Waals surface area contributed by atoms with Gasteiger partial charge in [-0.05, 0) is 69.1 Å². The third kappa shape index (κ3) is 1.24. The van der Waals surface area contributed by atoms with E-state index in [1.807, 2.05) is 0 Å². The lowest BCUT2D eigenvalue weighted by molar-refractivity contribution is -0.0159. The topological polar surface area (TPSA) is 0 Å². The number of hydrogen-bond acceptors (Lipinski definition) is 1. The van der Waals surface area contributed by atoms with E-state index in [9.17, 15) is 0 Å². The molecule has 0 aromatic heterocycles. The standard InChI is InChI=1S/C15H22S/c1-10-2-3-15(16-9-10)13-5-11-4-12(7-13)8-14(15)6-11/h2,11-14H,3-9H2,1H3. The van der Waals surface area contributed by atoms with Crippen LogP contribution in [0.25, 0.3) is 0 Å². The van der Waals surface area contributed by atoms with Gasteiger partial charge in [0.25, 0.3) is 0 Å². The molecule has 0 atom stereocenters. The van der Waals surface area contributed by atoms with Crippen molar-refractivity contribution in [3.8, 4) is 0 Å². The molecule has 1 heterocycles. The van der Waals surface area contributed by atoms with Gasteiger partial charge >= 0.3 is 0 Å².